The van der Waals surface area contributed by atoms with Gasteiger partial charge >= 0.3 is 0 Å². The Morgan fingerprint density at radius 1 is 1.00 bits per heavy atom. The van der Waals surface area contributed by atoms with E-state index in [1.54, 1.807) is 12.1 Å². The van der Waals surface area contributed by atoms with Crippen LogP contribution in [0.25, 0.3) is 0 Å². The van der Waals surface area contributed by atoms with Gasteiger partial charge in [0.05, 0.1) is 19.3 Å². The molecular formula is C12H8Cl2INO. The molecule has 0 amide bonds. The Balaban J connectivity index is 2.37. The SMILES string of the molecule is Nc1cc(Cl)c(Cl)cc1Oc1ccccc1I. The highest BCUT2D eigenvalue weighted by Gasteiger charge is 2.08. The molecule has 17 heavy (non-hydrogen) atoms. The van der Waals surface area contributed by atoms with Crippen molar-refractivity contribution in [1.82, 2.24) is 0 Å². The zero-order chi connectivity index (χ0) is 12.4. The van der Waals surface area contributed by atoms with Crippen molar-refractivity contribution >= 4 is 51.5 Å². The van der Waals surface area contributed by atoms with Crippen molar-refractivity contribution in [3.63, 3.8) is 0 Å². The first-order valence-corrected chi connectivity index (χ1v) is 6.58. The number of hydrogen-bond acceptors (Lipinski definition) is 2. The molecule has 2 aromatic carbocycles. The molecule has 2 rings (SSSR count). The van der Waals surface area contributed by atoms with Gasteiger partial charge in [-0.15, -0.1) is 0 Å². The summed E-state index contributed by atoms with van der Waals surface area (Å²) in [6.07, 6.45) is 0. The van der Waals surface area contributed by atoms with E-state index in [2.05, 4.69) is 22.6 Å². The van der Waals surface area contributed by atoms with Gasteiger partial charge in [0.25, 0.3) is 0 Å². The van der Waals surface area contributed by atoms with Crippen LogP contribution >= 0.6 is 45.8 Å². The Kier molecular flexibility index (Phi) is 4.01. The fourth-order valence-electron chi connectivity index (χ4n) is 1.28. The lowest BCUT2D eigenvalue weighted by Gasteiger charge is -2.10. The zero-order valence-electron chi connectivity index (χ0n) is 8.58. The number of hydrogen-bond donors (Lipinski definition) is 1. The minimum absolute atomic E-state index is 0.416. The summed E-state index contributed by atoms with van der Waals surface area (Å²) in [6.45, 7) is 0. The predicted octanol–water partition coefficient (Wildman–Crippen LogP) is 4.97. The van der Waals surface area contributed by atoms with Gasteiger partial charge in [0.1, 0.15) is 5.75 Å². The first-order chi connectivity index (χ1) is 8.08. The Hall–Kier alpha value is -0.650. The van der Waals surface area contributed by atoms with E-state index >= 15 is 0 Å². The highest BCUT2D eigenvalue weighted by atomic mass is 127. The summed E-state index contributed by atoms with van der Waals surface area (Å²) < 4.78 is 6.70. The third kappa shape index (κ3) is 2.97. The summed E-state index contributed by atoms with van der Waals surface area (Å²) >= 11 is 14.0. The molecular weight excluding hydrogens is 372 g/mol. The molecule has 0 fully saturated rings. The summed E-state index contributed by atoms with van der Waals surface area (Å²) in [5.41, 5.74) is 6.28. The van der Waals surface area contributed by atoms with Crippen molar-refractivity contribution in [2.75, 3.05) is 5.73 Å². The lowest BCUT2D eigenvalue weighted by Crippen LogP contribution is -1.93. The van der Waals surface area contributed by atoms with E-state index in [0.29, 0.717) is 21.5 Å². The number of para-hydroxylation sites is 1. The Morgan fingerprint density at radius 3 is 2.35 bits per heavy atom. The third-order valence-corrected chi connectivity index (χ3v) is 3.72. The monoisotopic (exact) mass is 379 g/mol. The zero-order valence-corrected chi connectivity index (χ0v) is 12.3. The van der Waals surface area contributed by atoms with Crippen molar-refractivity contribution in [2.45, 2.75) is 0 Å². The molecule has 2 nitrogen and oxygen atoms in total. The van der Waals surface area contributed by atoms with Crippen LogP contribution in [0.1, 0.15) is 0 Å². The van der Waals surface area contributed by atoms with Crippen LogP contribution in [-0.2, 0) is 0 Å². The van der Waals surface area contributed by atoms with Gasteiger partial charge in [0.2, 0.25) is 0 Å². The second-order valence-electron chi connectivity index (χ2n) is 3.34. The van der Waals surface area contributed by atoms with Crippen molar-refractivity contribution in [1.29, 1.82) is 0 Å². The maximum Gasteiger partial charge on any atom is 0.151 e. The third-order valence-electron chi connectivity index (χ3n) is 2.11. The van der Waals surface area contributed by atoms with Crippen LogP contribution in [0.2, 0.25) is 10.0 Å². The van der Waals surface area contributed by atoms with E-state index in [9.17, 15) is 0 Å². The standard InChI is InChI=1S/C12H8Cl2INO/c13-7-5-10(16)12(6-8(7)14)17-11-4-2-1-3-9(11)15/h1-6H,16H2. The van der Waals surface area contributed by atoms with Crippen LogP contribution in [0.5, 0.6) is 11.5 Å². The van der Waals surface area contributed by atoms with Crippen LogP contribution in [-0.4, -0.2) is 0 Å². The molecule has 0 saturated carbocycles. The van der Waals surface area contributed by atoms with Gasteiger partial charge in [-0.25, -0.2) is 0 Å². The van der Waals surface area contributed by atoms with Crippen LogP contribution < -0.4 is 10.5 Å². The molecule has 0 atom stereocenters. The van der Waals surface area contributed by atoms with Crippen LogP contribution in [0.4, 0.5) is 5.69 Å². The van der Waals surface area contributed by atoms with Gasteiger partial charge in [-0.2, -0.15) is 0 Å². The fraction of sp³-hybridized carbons (Fsp3) is 0. The maximum atomic E-state index is 5.92. The van der Waals surface area contributed by atoms with Gasteiger partial charge < -0.3 is 10.5 Å². The fourth-order valence-corrected chi connectivity index (χ4v) is 2.10. The molecule has 0 aromatic heterocycles. The van der Waals surface area contributed by atoms with Gasteiger partial charge in [-0.1, -0.05) is 35.3 Å². The normalized spacial score (nSPS) is 10.3. The summed E-state index contributed by atoms with van der Waals surface area (Å²) in [5.74, 6) is 1.24. The van der Waals surface area contributed by atoms with E-state index in [0.717, 1.165) is 9.32 Å². The number of nitrogens with two attached hydrogens (primary N) is 1. The van der Waals surface area contributed by atoms with E-state index in [4.69, 9.17) is 33.7 Å². The van der Waals surface area contributed by atoms with Gasteiger partial charge in [-0.05, 0) is 40.8 Å². The molecule has 0 radical (unpaired) electrons. The number of rotatable bonds is 2. The molecule has 5 heteroatoms. The number of anilines is 1. The lowest BCUT2D eigenvalue weighted by atomic mass is 10.3. The molecule has 2 N–H and O–H groups in total. The molecule has 0 aliphatic carbocycles. The first-order valence-electron chi connectivity index (χ1n) is 4.75. The quantitative estimate of drug-likeness (QED) is 0.590. The highest BCUT2D eigenvalue weighted by Crippen LogP contribution is 2.36. The van der Waals surface area contributed by atoms with Crippen LogP contribution in [0, 0.1) is 3.57 Å². The smallest absolute Gasteiger partial charge is 0.151 e. The van der Waals surface area contributed by atoms with Crippen LogP contribution in [0.3, 0.4) is 0 Å². The highest BCUT2D eigenvalue weighted by molar-refractivity contribution is 14.1. The van der Waals surface area contributed by atoms with E-state index in [-0.39, 0.29) is 0 Å². The second kappa shape index (κ2) is 5.33. The Bertz CT molecular complexity index is 560. The number of benzene rings is 2. The minimum Gasteiger partial charge on any atom is -0.454 e. The molecule has 0 unspecified atom stereocenters. The Labute approximate surface area is 123 Å². The summed E-state index contributed by atoms with van der Waals surface area (Å²) in [4.78, 5) is 0. The average molecular weight is 380 g/mol. The minimum atomic E-state index is 0.416. The number of nitrogen functional groups attached to an aromatic ring is 1. The molecule has 0 spiro atoms. The first kappa shape index (κ1) is 12.8. The predicted molar refractivity (Wildman–Crippen MR) is 80.1 cm³/mol. The number of halogens is 3. The molecule has 0 aliphatic rings. The average Bonchev–Trinajstić information content (AvgIpc) is 2.29. The van der Waals surface area contributed by atoms with Crippen molar-refractivity contribution < 1.29 is 4.74 Å². The summed E-state index contributed by atoms with van der Waals surface area (Å²) in [5, 5.41) is 0.834. The van der Waals surface area contributed by atoms with E-state index in [1.807, 2.05) is 24.3 Å². The van der Waals surface area contributed by atoms with Gasteiger partial charge in [0.15, 0.2) is 5.75 Å². The van der Waals surface area contributed by atoms with Gasteiger partial charge in [0, 0.05) is 6.07 Å². The topological polar surface area (TPSA) is 35.2 Å². The second-order valence-corrected chi connectivity index (χ2v) is 5.31. The van der Waals surface area contributed by atoms with Crippen molar-refractivity contribution in [2.24, 2.45) is 0 Å². The van der Waals surface area contributed by atoms with Crippen molar-refractivity contribution in [3.05, 3.63) is 50.0 Å². The molecule has 0 heterocycles. The van der Waals surface area contributed by atoms with Crippen LogP contribution in [0.15, 0.2) is 36.4 Å². The van der Waals surface area contributed by atoms with E-state index < -0.39 is 0 Å². The molecule has 0 bridgehead atoms. The Morgan fingerprint density at radius 2 is 1.65 bits per heavy atom. The maximum absolute atomic E-state index is 5.92. The van der Waals surface area contributed by atoms with Gasteiger partial charge in [-0.3, -0.25) is 0 Å². The molecule has 0 saturated heterocycles. The summed E-state index contributed by atoms with van der Waals surface area (Å²) in [7, 11) is 0. The largest absolute Gasteiger partial charge is 0.454 e. The van der Waals surface area contributed by atoms with E-state index in [1.165, 1.54) is 0 Å². The lowest BCUT2D eigenvalue weighted by molar-refractivity contribution is 0.481. The molecule has 88 valence electrons. The molecule has 2 aromatic rings. The summed E-state index contributed by atoms with van der Waals surface area (Å²) in [6, 6.07) is 10.8. The number of ether oxygens (including phenoxy) is 1. The molecule has 0 aliphatic heterocycles. The van der Waals surface area contributed by atoms with Crippen molar-refractivity contribution in [3.8, 4) is 11.5 Å².